The van der Waals surface area contributed by atoms with Crippen LogP contribution in [0.2, 0.25) is 5.02 Å². The molecule has 5 nitrogen and oxygen atoms in total. The molecule has 0 spiro atoms. The molecule has 4 aromatic rings. The van der Waals surface area contributed by atoms with Crippen LogP contribution in [-0.2, 0) is 17.8 Å². The number of carbonyl (C=O) groups is 1. The molecule has 1 atom stereocenters. The molecule has 38 heavy (non-hydrogen) atoms. The fourth-order valence-electron chi connectivity index (χ4n) is 5.40. The zero-order valence-corrected chi connectivity index (χ0v) is 23.3. The van der Waals surface area contributed by atoms with Gasteiger partial charge >= 0.3 is 0 Å². The Balaban J connectivity index is 1.30. The molecule has 0 bridgehead atoms. The quantitative estimate of drug-likeness (QED) is 0.198. The lowest BCUT2D eigenvalue weighted by Gasteiger charge is -2.18. The molecule has 5 rings (SSSR count). The van der Waals surface area contributed by atoms with Gasteiger partial charge in [-0.2, -0.15) is 0 Å². The minimum atomic E-state index is 0.0529. The predicted molar refractivity (Wildman–Crippen MR) is 156 cm³/mol. The smallest absolute Gasteiger partial charge is 0.227 e. The van der Waals surface area contributed by atoms with Crippen LogP contribution in [0.3, 0.4) is 0 Å². The molecule has 0 N–H and O–H groups in total. The van der Waals surface area contributed by atoms with E-state index in [2.05, 4.69) is 47.9 Å². The van der Waals surface area contributed by atoms with Crippen molar-refractivity contribution in [2.24, 2.45) is 0 Å². The minimum Gasteiger partial charge on any atom is -0.494 e. The van der Waals surface area contributed by atoms with E-state index < -0.39 is 0 Å². The molecule has 1 fully saturated rings. The largest absolute Gasteiger partial charge is 0.494 e. The fraction of sp³-hybridized carbons (Fsp3) is 0.375. The van der Waals surface area contributed by atoms with Crippen molar-refractivity contribution in [1.29, 1.82) is 0 Å². The number of carbonyl (C=O) groups excluding carboxylic acids is 1. The van der Waals surface area contributed by atoms with E-state index >= 15 is 0 Å². The molecular weight excluding hydrogens is 494 g/mol. The van der Waals surface area contributed by atoms with E-state index in [1.807, 2.05) is 43.0 Å². The maximum atomic E-state index is 13.1. The van der Waals surface area contributed by atoms with Crippen LogP contribution in [0.5, 0.6) is 5.75 Å². The van der Waals surface area contributed by atoms with Crippen molar-refractivity contribution < 1.29 is 9.53 Å². The maximum Gasteiger partial charge on any atom is 0.227 e. The van der Waals surface area contributed by atoms with Gasteiger partial charge in [-0.1, -0.05) is 49.2 Å². The third-order valence-corrected chi connectivity index (χ3v) is 8.04. The van der Waals surface area contributed by atoms with Gasteiger partial charge < -0.3 is 14.2 Å². The standard InChI is InChI=1S/C32H36ClN3O2/c1-4-5-9-24-12-14-26(15-13-24)36-21-25(20-30(36)37)32-34-28-10-6-7-11-29(28)35(32)16-8-17-38-27-18-22(2)31(33)23(3)19-27/h6-7,10-15,18-19,25H,4-5,8-9,16-17,20-21H2,1-3H3. The molecule has 1 saturated heterocycles. The Bertz CT molecular complexity index is 1400. The molecule has 1 aliphatic heterocycles. The van der Waals surface area contributed by atoms with E-state index in [1.165, 1.54) is 18.4 Å². The van der Waals surface area contributed by atoms with Crippen molar-refractivity contribution in [2.75, 3.05) is 18.1 Å². The summed E-state index contributed by atoms with van der Waals surface area (Å²) in [6.07, 6.45) is 4.75. The van der Waals surface area contributed by atoms with Crippen LogP contribution in [0.1, 0.15) is 61.0 Å². The Kier molecular flexibility index (Phi) is 8.04. The second-order valence-corrected chi connectivity index (χ2v) is 10.7. The molecule has 1 aromatic heterocycles. The van der Waals surface area contributed by atoms with Crippen molar-refractivity contribution in [3.63, 3.8) is 0 Å². The summed E-state index contributed by atoms with van der Waals surface area (Å²) in [4.78, 5) is 20.0. The normalized spacial score (nSPS) is 15.5. The average molecular weight is 530 g/mol. The highest BCUT2D eigenvalue weighted by Crippen LogP contribution is 2.34. The van der Waals surface area contributed by atoms with Crippen molar-refractivity contribution in [3.8, 4) is 5.75 Å². The molecule has 2 heterocycles. The van der Waals surface area contributed by atoms with E-state index in [1.54, 1.807) is 0 Å². The van der Waals surface area contributed by atoms with Gasteiger partial charge in [-0.15, -0.1) is 0 Å². The third-order valence-electron chi connectivity index (χ3n) is 7.45. The van der Waals surface area contributed by atoms with E-state index in [-0.39, 0.29) is 11.8 Å². The number of unbranched alkanes of at least 4 members (excludes halogenated alkanes) is 1. The number of amides is 1. The summed E-state index contributed by atoms with van der Waals surface area (Å²) in [5, 5.41) is 0.791. The Hall–Kier alpha value is -3.31. The zero-order valence-electron chi connectivity index (χ0n) is 22.5. The maximum absolute atomic E-state index is 13.1. The third kappa shape index (κ3) is 5.58. The molecular formula is C32H36ClN3O2. The molecule has 6 heteroatoms. The summed E-state index contributed by atoms with van der Waals surface area (Å²) in [7, 11) is 0. The lowest BCUT2D eigenvalue weighted by molar-refractivity contribution is -0.117. The van der Waals surface area contributed by atoms with Gasteiger partial charge in [-0.05, 0) is 86.2 Å². The number of aryl methyl sites for hydroxylation is 4. The Labute approximate surface area is 230 Å². The number of hydrogen-bond donors (Lipinski definition) is 0. The number of aromatic nitrogens is 2. The van der Waals surface area contributed by atoms with E-state index in [9.17, 15) is 4.79 Å². The van der Waals surface area contributed by atoms with Crippen LogP contribution in [0.15, 0.2) is 60.7 Å². The van der Waals surface area contributed by atoms with Crippen LogP contribution < -0.4 is 9.64 Å². The first-order chi connectivity index (χ1) is 18.4. The first-order valence-electron chi connectivity index (χ1n) is 13.7. The van der Waals surface area contributed by atoms with Crippen LogP contribution in [-0.4, -0.2) is 28.6 Å². The number of ether oxygens (including phenoxy) is 1. The second kappa shape index (κ2) is 11.6. The van der Waals surface area contributed by atoms with Crippen LogP contribution in [0.25, 0.3) is 11.0 Å². The number of anilines is 1. The summed E-state index contributed by atoms with van der Waals surface area (Å²) in [5.74, 6) is 2.04. The van der Waals surface area contributed by atoms with Gasteiger partial charge in [-0.3, -0.25) is 4.79 Å². The number of halogens is 1. The summed E-state index contributed by atoms with van der Waals surface area (Å²) in [6, 6.07) is 20.7. The molecule has 1 unspecified atom stereocenters. The minimum absolute atomic E-state index is 0.0529. The lowest BCUT2D eigenvalue weighted by Crippen LogP contribution is -2.24. The Morgan fingerprint density at radius 1 is 1.03 bits per heavy atom. The van der Waals surface area contributed by atoms with Crippen LogP contribution >= 0.6 is 11.6 Å². The lowest BCUT2D eigenvalue weighted by atomic mass is 10.1. The van der Waals surface area contributed by atoms with Crippen LogP contribution in [0.4, 0.5) is 5.69 Å². The molecule has 0 aliphatic carbocycles. The number of imidazole rings is 1. The fourth-order valence-corrected chi connectivity index (χ4v) is 5.51. The zero-order chi connectivity index (χ0) is 26.6. The molecule has 0 radical (unpaired) electrons. The number of benzene rings is 3. The Morgan fingerprint density at radius 3 is 2.50 bits per heavy atom. The van der Waals surface area contributed by atoms with Gasteiger partial charge in [0.1, 0.15) is 11.6 Å². The van der Waals surface area contributed by atoms with E-state index in [4.69, 9.17) is 21.3 Å². The summed E-state index contributed by atoms with van der Waals surface area (Å²) in [6.45, 7) is 8.22. The summed E-state index contributed by atoms with van der Waals surface area (Å²) in [5.41, 5.74) is 6.42. The summed E-state index contributed by atoms with van der Waals surface area (Å²) < 4.78 is 8.35. The van der Waals surface area contributed by atoms with Gasteiger partial charge in [-0.25, -0.2) is 4.98 Å². The van der Waals surface area contributed by atoms with Crippen molar-refractivity contribution in [2.45, 2.75) is 65.3 Å². The monoisotopic (exact) mass is 529 g/mol. The number of para-hydroxylation sites is 2. The van der Waals surface area contributed by atoms with Gasteiger partial charge in [0.15, 0.2) is 0 Å². The highest BCUT2D eigenvalue weighted by Gasteiger charge is 2.34. The van der Waals surface area contributed by atoms with Gasteiger partial charge in [0.25, 0.3) is 0 Å². The highest BCUT2D eigenvalue weighted by atomic mass is 35.5. The topological polar surface area (TPSA) is 47.4 Å². The molecule has 0 saturated carbocycles. The van der Waals surface area contributed by atoms with Gasteiger partial charge in [0, 0.05) is 36.1 Å². The highest BCUT2D eigenvalue weighted by molar-refractivity contribution is 6.32. The van der Waals surface area contributed by atoms with Crippen molar-refractivity contribution in [1.82, 2.24) is 9.55 Å². The second-order valence-electron chi connectivity index (χ2n) is 10.4. The van der Waals surface area contributed by atoms with Crippen LogP contribution in [0, 0.1) is 13.8 Å². The molecule has 1 aliphatic rings. The number of nitrogens with zero attached hydrogens (tertiary/aromatic N) is 3. The average Bonchev–Trinajstić information content (AvgIpc) is 3.49. The first kappa shape index (κ1) is 26.3. The first-order valence-corrected chi connectivity index (χ1v) is 14.1. The van der Waals surface area contributed by atoms with E-state index in [0.717, 1.165) is 63.8 Å². The SMILES string of the molecule is CCCCc1ccc(N2CC(c3nc4ccccc4n3CCCOc3cc(C)c(Cl)c(C)c3)CC2=O)cc1. The van der Waals surface area contributed by atoms with Gasteiger partial charge in [0.05, 0.1) is 17.6 Å². The number of fused-ring (bicyclic) bond motifs is 1. The van der Waals surface area contributed by atoms with Crippen molar-refractivity contribution >= 4 is 34.2 Å². The predicted octanol–water partition coefficient (Wildman–Crippen LogP) is 7.64. The molecule has 3 aromatic carbocycles. The van der Waals surface area contributed by atoms with Gasteiger partial charge in [0.2, 0.25) is 5.91 Å². The number of hydrogen-bond acceptors (Lipinski definition) is 3. The molecule has 1 amide bonds. The Morgan fingerprint density at radius 2 is 1.76 bits per heavy atom. The number of rotatable bonds is 10. The van der Waals surface area contributed by atoms with E-state index in [0.29, 0.717) is 19.6 Å². The summed E-state index contributed by atoms with van der Waals surface area (Å²) >= 11 is 6.31. The van der Waals surface area contributed by atoms with Crippen molar-refractivity contribution in [3.05, 3.63) is 88.2 Å². The molecule has 198 valence electrons.